The van der Waals surface area contributed by atoms with Gasteiger partial charge in [0.2, 0.25) is 5.91 Å². The van der Waals surface area contributed by atoms with Crippen LogP contribution in [0.3, 0.4) is 0 Å². The van der Waals surface area contributed by atoms with Gasteiger partial charge in [0.15, 0.2) is 0 Å². The molecule has 2 fully saturated rings. The Labute approximate surface area is 192 Å². The molecule has 2 aliphatic heterocycles. The van der Waals surface area contributed by atoms with Crippen LogP contribution in [0.5, 0.6) is 0 Å². The van der Waals surface area contributed by atoms with Gasteiger partial charge in [0, 0.05) is 6.54 Å². The lowest BCUT2D eigenvalue weighted by Crippen LogP contribution is -2.65. The van der Waals surface area contributed by atoms with Crippen molar-refractivity contribution < 1.29 is 38.6 Å². The Bertz CT molecular complexity index is 656. The molecule has 31 heavy (non-hydrogen) atoms. The van der Waals surface area contributed by atoms with Gasteiger partial charge in [-0.3, -0.25) is 14.2 Å². The molecular formula is C18H34ClN2O8PS. The van der Waals surface area contributed by atoms with Crippen LogP contribution >= 0.6 is 31.2 Å². The number of likely N-dealkylation sites (tertiary alicyclic amines) is 1. The molecular weight excluding hydrogens is 471 g/mol. The summed E-state index contributed by atoms with van der Waals surface area (Å²) in [5.41, 5.74) is -0.894. The number of rotatable bonds is 9. The minimum atomic E-state index is -5.04. The summed E-state index contributed by atoms with van der Waals surface area (Å²) in [6.45, 7) is 4.51. The zero-order chi connectivity index (χ0) is 23.5. The molecule has 2 saturated heterocycles. The van der Waals surface area contributed by atoms with Crippen LogP contribution in [0.4, 0.5) is 0 Å². The monoisotopic (exact) mass is 504 g/mol. The summed E-state index contributed by atoms with van der Waals surface area (Å²) in [4.78, 5) is 33.7. The predicted octanol–water partition coefficient (Wildman–Crippen LogP) is 0.507. The van der Waals surface area contributed by atoms with E-state index >= 15 is 0 Å². The average Bonchev–Trinajstić information content (AvgIpc) is 3.03. The van der Waals surface area contributed by atoms with Gasteiger partial charge in [0.1, 0.15) is 29.9 Å². The summed E-state index contributed by atoms with van der Waals surface area (Å²) >= 11 is 7.46. The lowest BCUT2D eigenvalue weighted by molar-refractivity contribution is -0.201. The molecule has 1 amide bonds. The lowest BCUT2D eigenvalue weighted by atomic mass is 9.92. The third-order valence-corrected chi connectivity index (χ3v) is 7.51. The van der Waals surface area contributed by atoms with Crippen molar-refractivity contribution in [3.63, 3.8) is 0 Å². The molecule has 5 N–H and O–H groups in total. The Morgan fingerprint density at radius 3 is 2.55 bits per heavy atom. The highest BCUT2D eigenvalue weighted by Crippen LogP contribution is 2.43. The van der Waals surface area contributed by atoms with Crippen LogP contribution in [0.15, 0.2) is 0 Å². The van der Waals surface area contributed by atoms with E-state index in [1.54, 1.807) is 13.2 Å². The normalized spacial score (nSPS) is 36.9. The number of nitrogens with one attached hydrogen (secondary N) is 1. The molecule has 0 aromatic rings. The van der Waals surface area contributed by atoms with E-state index in [0.717, 1.165) is 31.1 Å². The number of amides is 1. The minimum Gasteiger partial charge on any atom is -0.387 e. The largest absolute Gasteiger partial charge is 0.470 e. The summed E-state index contributed by atoms with van der Waals surface area (Å²) in [7, 11) is -3.16. The fourth-order valence-electron chi connectivity index (χ4n) is 4.38. The zero-order valence-electron chi connectivity index (χ0n) is 18.1. The second-order valence-electron chi connectivity index (χ2n) is 8.30. The standard InChI is InChI=1S/C18H34ClN2O8PS/c1-5-6-10-7-11(21(3)8-10)17(24)20-12(9(2)19)15-16(29-30(25,26)27)13(22)14(23)18(28-15)31-4/h9-16,18,22-23H,5-8H2,1-4H3,(H,20,24)(H2,25,26,27)/t9-,10-,11+,12-,13-,14-,15-,16-,18-/m1/s1. The number of hydrogen-bond acceptors (Lipinski definition) is 8. The number of phosphoric ester groups is 1. The molecule has 0 aromatic heterocycles. The summed E-state index contributed by atoms with van der Waals surface area (Å²) in [6, 6.07) is -1.30. The van der Waals surface area contributed by atoms with Crippen molar-refractivity contribution >= 4 is 37.1 Å². The SMILES string of the molecule is CCC[C@@H]1C[C@@H](C(=O)N[C@@H]([C@H]2O[C@H](SC)[C@H](O)[C@@H](O)[C@H]2OP(=O)(O)O)[C@@H](C)Cl)N(C)C1. The first-order chi connectivity index (χ1) is 14.4. The summed E-state index contributed by atoms with van der Waals surface area (Å²) in [6.07, 6.45) is -1.49. The number of ether oxygens (including phenoxy) is 1. The average molecular weight is 505 g/mol. The number of hydrogen-bond donors (Lipinski definition) is 5. The number of thioether (sulfide) groups is 1. The summed E-state index contributed by atoms with van der Waals surface area (Å²) < 4.78 is 22.1. The first-order valence-electron chi connectivity index (χ1n) is 10.3. The van der Waals surface area contributed by atoms with Crippen LogP contribution in [-0.4, -0.2) is 98.0 Å². The maximum Gasteiger partial charge on any atom is 0.470 e. The first-order valence-corrected chi connectivity index (χ1v) is 13.6. The zero-order valence-corrected chi connectivity index (χ0v) is 20.6. The summed E-state index contributed by atoms with van der Waals surface area (Å²) in [5, 5.41) is 22.9. The molecule has 13 heteroatoms. The van der Waals surface area contributed by atoms with Crippen LogP contribution in [0.2, 0.25) is 0 Å². The third kappa shape index (κ3) is 7.02. The molecule has 0 aliphatic carbocycles. The fourth-order valence-corrected chi connectivity index (χ4v) is 5.82. The molecule has 0 saturated carbocycles. The number of alkyl halides is 1. The third-order valence-electron chi connectivity index (χ3n) is 5.86. The second-order valence-corrected chi connectivity index (χ2v) is 11.1. The van der Waals surface area contributed by atoms with E-state index in [0.29, 0.717) is 12.3 Å². The Hall–Kier alpha value is 0.0600. The fraction of sp³-hybridized carbons (Fsp3) is 0.944. The molecule has 9 atom stereocenters. The van der Waals surface area contributed by atoms with Gasteiger partial charge in [0.25, 0.3) is 0 Å². The molecule has 0 radical (unpaired) electrons. The molecule has 0 bridgehead atoms. The van der Waals surface area contributed by atoms with E-state index in [1.807, 2.05) is 11.9 Å². The van der Waals surface area contributed by atoms with Gasteiger partial charge in [-0.05, 0) is 39.0 Å². The lowest BCUT2D eigenvalue weighted by Gasteiger charge is -2.45. The minimum absolute atomic E-state index is 0.279. The Morgan fingerprint density at radius 1 is 1.39 bits per heavy atom. The Balaban J connectivity index is 2.25. The summed E-state index contributed by atoms with van der Waals surface area (Å²) in [5.74, 6) is 0.130. The number of halogens is 1. The molecule has 2 rings (SSSR count). The van der Waals surface area contributed by atoms with Crippen molar-refractivity contribution in [2.75, 3.05) is 19.8 Å². The molecule has 0 unspecified atom stereocenters. The smallest absolute Gasteiger partial charge is 0.387 e. The van der Waals surface area contributed by atoms with E-state index in [2.05, 4.69) is 12.2 Å². The number of aliphatic hydroxyl groups excluding tert-OH is 2. The van der Waals surface area contributed by atoms with Crippen molar-refractivity contribution in [2.45, 2.75) is 80.4 Å². The van der Waals surface area contributed by atoms with Crippen molar-refractivity contribution in [1.82, 2.24) is 10.2 Å². The molecule has 0 spiro atoms. The Morgan fingerprint density at radius 2 is 2.03 bits per heavy atom. The quantitative estimate of drug-likeness (QED) is 0.222. The van der Waals surface area contributed by atoms with Gasteiger partial charge in [-0.15, -0.1) is 23.4 Å². The van der Waals surface area contributed by atoms with Gasteiger partial charge in [-0.2, -0.15) is 0 Å². The van der Waals surface area contributed by atoms with Crippen LogP contribution < -0.4 is 5.32 Å². The number of carbonyl (C=O) groups is 1. The molecule has 0 aromatic carbocycles. The highest BCUT2D eigenvalue weighted by atomic mass is 35.5. The molecule has 2 heterocycles. The van der Waals surface area contributed by atoms with Crippen LogP contribution in [0.1, 0.15) is 33.1 Å². The predicted molar refractivity (Wildman–Crippen MR) is 118 cm³/mol. The van der Waals surface area contributed by atoms with Gasteiger partial charge in [0.05, 0.1) is 17.5 Å². The van der Waals surface area contributed by atoms with E-state index in [1.165, 1.54) is 0 Å². The molecule has 182 valence electrons. The van der Waals surface area contributed by atoms with Gasteiger partial charge in [-0.1, -0.05) is 13.3 Å². The van der Waals surface area contributed by atoms with Crippen LogP contribution in [-0.2, 0) is 18.6 Å². The number of carbonyl (C=O) groups excluding carboxylic acids is 1. The number of nitrogens with zero attached hydrogens (tertiary/aromatic N) is 1. The van der Waals surface area contributed by atoms with Crippen molar-refractivity contribution in [3.05, 3.63) is 0 Å². The highest BCUT2D eigenvalue weighted by molar-refractivity contribution is 7.99. The number of aliphatic hydroxyl groups is 2. The maximum absolute atomic E-state index is 13.1. The van der Waals surface area contributed by atoms with Crippen molar-refractivity contribution in [1.29, 1.82) is 0 Å². The Kier molecular flexibility index (Phi) is 10.1. The van der Waals surface area contributed by atoms with E-state index in [9.17, 15) is 29.4 Å². The van der Waals surface area contributed by atoms with E-state index in [-0.39, 0.29) is 11.9 Å². The number of phosphoric acid groups is 1. The molecule has 10 nitrogen and oxygen atoms in total. The van der Waals surface area contributed by atoms with Gasteiger partial charge < -0.3 is 30.1 Å². The van der Waals surface area contributed by atoms with Crippen LogP contribution in [0, 0.1) is 5.92 Å². The van der Waals surface area contributed by atoms with Gasteiger partial charge in [-0.25, -0.2) is 4.57 Å². The molecule has 2 aliphatic rings. The first kappa shape index (κ1) is 27.3. The van der Waals surface area contributed by atoms with Crippen LogP contribution in [0.25, 0.3) is 0 Å². The van der Waals surface area contributed by atoms with Crippen molar-refractivity contribution in [3.8, 4) is 0 Å². The number of likely N-dealkylation sites (N-methyl/N-ethyl adjacent to an activating group) is 1. The topological polar surface area (TPSA) is 149 Å². The van der Waals surface area contributed by atoms with E-state index < -0.39 is 49.1 Å². The second kappa shape index (κ2) is 11.5. The maximum atomic E-state index is 13.1. The van der Waals surface area contributed by atoms with E-state index in [4.69, 9.17) is 20.9 Å². The highest BCUT2D eigenvalue weighted by Gasteiger charge is 2.51. The van der Waals surface area contributed by atoms with Crippen molar-refractivity contribution in [2.24, 2.45) is 5.92 Å². The van der Waals surface area contributed by atoms with Gasteiger partial charge >= 0.3 is 7.82 Å².